The second-order valence-corrected chi connectivity index (χ2v) is 6.27. The van der Waals surface area contributed by atoms with Gasteiger partial charge in [-0.25, -0.2) is 0 Å². The molecule has 1 rings (SSSR count). The fraction of sp³-hybridized carbons (Fsp3) is 0.615. The average Bonchev–Trinajstić information content (AvgIpc) is 2.65. The van der Waals surface area contributed by atoms with E-state index in [9.17, 15) is 9.90 Å². The minimum atomic E-state index is -0.783. The van der Waals surface area contributed by atoms with Crippen molar-refractivity contribution >= 4 is 17.2 Å². The highest BCUT2D eigenvalue weighted by molar-refractivity contribution is 7.10. The van der Waals surface area contributed by atoms with Crippen LogP contribution in [0.25, 0.3) is 0 Å². The lowest BCUT2D eigenvalue weighted by Gasteiger charge is -2.25. The van der Waals surface area contributed by atoms with Crippen molar-refractivity contribution in [3.8, 4) is 0 Å². The van der Waals surface area contributed by atoms with Gasteiger partial charge in [0.1, 0.15) is 0 Å². The highest BCUT2D eigenvalue weighted by Crippen LogP contribution is 2.17. The second-order valence-electron chi connectivity index (χ2n) is 5.29. The van der Waals surface area contributed by atoms with Crippen molar-refractivity contribution < 1.29 is 9.90 Å². The molecule has 1 unspecified atom stereocenters. The summed E-state index contributed by atoms with van der Waals surface area (Å²) < 4.78 is 0. The van der Waals surface area contributed by atoms with Gasteiger partial charge in [0.2, 0.25) is 5.91 Å². The third-order valence-corrected chi connectivity index (χ3v) is 3.47. The van der Waals surface area contributed by atoms with Gasteiger partial charge in [0.15, 0.2) is 0 Å². The molecule has 5 heteroatoms. The molecule has 2 N–H and O–H groups in total. The summed E-state index contributed by atoms with van der Waals surface area (Å²) in [5.74, 6) is -0.0253. The molecule has 4 nitrogen and oxygen atoms in total. The van der Waals surface area contributed by atoms with Gasteiger partial charge in [-0.2, -0.15) is 0 Å². The van der Waals surface area contributed by atoms with Gasteiger partial charge in [0, 0.05) is 11.4 Å². The minimum absolute atomic E-state index is 0.0253. The number of thiophene rings is 1. The maximum absolute atomic E-state index is 11.8. The predicted molar refractivity (Wildman–Crippen MR) is 74.7 cm³/mol. The van der Waals surface area contributed by atoms with Crippen LogP contribution in [0.4, 0.5) is 0 Å². The van der Waals surface area contributed by atoms with Gasteiger partial charge in [-0.05, 0) is 39.3 Å². The first-order valence-electron chi connectivity index (χ1n) is 6.01. The molecular formula is C13H22N2O2S. The zero-order valence-electron chi connectivity index (χ0n) is 11.4. The van der Waals surface area contributed by atoms with Gasteiger partial charge in [0.05, 0.1) is 18.2 Å². The molecule has 0 spiro atoms. The number of aliphatic hydroxyl groups is 1. The van der Waals surface area contributed by atoms with E-state index in [4.69, 9.17) is 0 Å². The molecule has 0 aliphatic heterocycles. The smallest absolute Gasteiger partial charge is 0.234 e. The topological polar surface area (TPSA) is 52.6 Å². The van der Waals surface area contributed by atoms with Crippen molar-refractivity contribution in [2.24, 2.45) is 0 Å². The number of amides is 1. The fourth-order valence-electron chi connectivity index (χ4n) is 1.86. The van der Waals surface area contributed by atoms with Gasteiger partial charge < -0.3 is 10.4 Å². The minimum Gasteiger partial charge on any atom is -0.389 e. The molecule has 0 saturated carbocycles. The normalized spacial score (nSPS) is 13.7. The molecule has 1 atom stereocenters. The van der Waals surface area contributed by atoms with Gasteiger partial charge in [-0.1, -0.05) is 6.07 Å². The Bertz CT molecular complexity index is 371. The molecule has 0 aromatic carbocycles. The number of carbonyl (C=O) groups is 1. The number of nitrogens with one attached hydrogen (secondary N) is 1. The summed E-state index contributed by atoms with van der Waals surface area (Å²) in [5.41, 5.74) is -0.783. The lowest BCUT2D eigenvalue weighted by Crippen LogP contribution is -2.42. The summed E-state index contributed by atoms with van der Waals surface area (Å²) in [6.45, 7) is 6.19. The van der Waals surface area contributed by atoms with E-state index in [1.165, 1.54) is 0 Å². The van der Waals surface area contributed by atoms with Gasteiger partial charge in [-0.3, -0.25) is 9.69 Å². The fourth-order valence-corrected chi connectivity index (χ4v) is 2.59. The summed E-state index contributed by atoms with van der Waals surface area (Å²) in [6, 6.07) is 4.02. The Morgan fingerprint density at radius 3 is 2.78 bits per heavy atom. The first-order valence-corrected chi connectivity index (χ1v) is 6.89. The average molecular weight is 270 g/mol. The molecular weight excluding hydrogens is 248 g/mol. The lowest BCUT2D eigenvalue weighted by molar-refractivity contribution is -0.123. The predicted octanol–water partition coefficient (Wildman–Crippen LogP) is 1.63. The van der Waals surface area contributed by atoms with Crippen LogP contribution < -0.4 is 5.32 Å². The maximum atomic E-state index is 11.8. The molecule has 18 heavy (non-hydrogen) atoms. The third kappa shape index (κ3) is 5.62. The number of rotatable bonds is 6. The van der Waals surface area contributed by atoms with E-state index in [-0.39, 0.29) is 11.9 Å². The third-order valence-electron chi connectivity index (χ3n) is 2.42. The van der Waals surface area contributed by atoms with Gasteiger partial charge in [0.25, 0.3) is 0 Å². The van der Waals surface area contributed by atoms with Gasteiger partial charge >= 0.3 is 0 Å². The summed E-state index contributed by atoms with van der Waals surface area (Å²) >= 11 is 1.63. The van der Waals surface area contributed by atoms with Crippen LogP contribution in [-0.4, -0.2) is 41.7 Å². The molecule has 0 radical (unpaired) electrons. The molecule has 0 aliphatic carbocycles. The Kier molecular flexibility index (Phi) is 5.31. The molecule has 0 bridgehead atoms. The Balaban J connectivity index is 2.38. The molecule has 0 fully saturated rings. The van der Waals surface area contributed by atoms with Crippen LogP contribution in [0.2, 0.25) is 0 Å². The summed E-state index contributed by atoms with van der Waals surface area (Å²) in [7, 11) is 1.83. The molecule has 1 aromatic rings. The van der Waals surface area contributed by atoms with E-state index in [1.807, 2.05) is 36.4 Å². The van der Waals surface area contributed by atoms with Crippen LogP contribution in [0.3, 0.4) is 0 Å². The SMILES string of the molecule is CC(NC(=O)CN(C)CC(C)(C)O)c1cccs1. The van der Waals surface area contributed by atoms with Crippen LogP contribution in [-0.2, 0) is 4.79 Å². The summed E-state index contributed by atoms with van der Waals surface area (Å²) in [6.07, 6.45) is 0. The van der Waals surface area contributed by atoms with E-state index in [1.54, 1.807) is 25.2 Å². The van der Waals surface area contributed by atoms with Crippen molar-refractivity contribution in [1.29, 1.82) is 0 Å². The molecule has 102 valence electrons. The van der Waals surface area contributed by atoms with E-state index >= 15 is 0 Å². The molecule has 1 aromatic heterocycles. The standard InChI is InChI=1S/C13H22N2O2S/c1-10(11-6-5-7-18-11)14-12(16)8-15(4)9-13(2,3)17/h5-7,10,17H,8-9H2,1-4H3,(H,14,16). The van der Waals surface area contributed by atoms with Crippen LogP contribution in [0, 0.1) is 0 Å². The lowest BCUT2D eigenvalue weighted by atomic mass is 10.1. The quantitative estimate of drug-likeness (QED) is 0.826. The first kappa shape index (κ1) is 15.1. The van der Waals surface area contributed by atoms with Gasteiger partial charge in [-0.15, -0.1) is 11.3 Å². The van der Waals surface area contributed by atoms with E-state index in [0.717, 1.165) is 4.88 Å². The number of hydrogen-bond donors (Lipinski definition) is 2. The Labute approximate surface area is 113 Å². The monoisotopic (exact) mass is 270 g/mol. The molecule has 0 aliphatic rings. The molecule has 1 amide bonds. The number of hydrogen-bond acceptors (Lipinski definition) is 4. The van der Waals surface area contributed by atoms with Crippen molar-refractivity contribution in [2.45, 2.75) is 32.4 Å². The number of carbonyl (C=O) groups excluding carboxylic acids is 1. The first-order chi connectivity index (χ1) is 8.28. The number of likely N-dealkylation sites (N-methyl/N-ethyl adjacent to an activating group) is 1. The van der Waals surface area contributed by atoms with Crippen molar-refractivity contribution in [2.75, 3.05) is 20.1 Å². The maximum Gasteiger partial charge on any atom is 0.234 e. The van der Waals surface area contributed by atoms with Crippen LogP contribution in [0.5, 0.6) is 0 Å². The Morgan fingerprint density at radius 1 is 1.61 bits per heavy atom. The van der Waals surface area contributed by atoms with Crippen LogP contribution in [0.1, 0.15) is 31.7 Å². The zero-order chi connectivity index (χ0) is 13.8. The van der Waals surface area contributed by atoms with E-state index in [2.05, 4.69) is 5.32 Å². The van der Waals surface area contributed by atoms with Crippen molar-refractivity contribution in [3.63, 3.8) is 0 Å². The largest absolute Gasteiger partial charge is 0.389 e. The van der Waals surface area contributed by atoms with Crippen molar-refractivity contribution in [1.82, 2.24) is 10.2 Å². The molecule has 1 heterocycles. The van der Waals surface area contributed by atoms with Crippen LogP contribution in [0.15, 0.2) is 17.5 Å². The summed E-state index contributed by atoms with van der Waals surface area (Å²) in [4.78, 5) is 14.8. The number of nitrogens with zero attached hydrogens (tertiary/aromatic N) is 1. The Hall–Kier alpha value is -0.910. The molecule has 0 saturated heterocycles. The van der Waals surface area contributed by atoms with E-state index in [0.29, 0.717) is 13.1 Å². The van der Waals surface area contributed by atoms with E-state index < -0.39 is 5.60 Å². The highest BCUT2D eigenvalue weighted by atomic mass is 32.1. The highest BCUT2D eigenvalue weighted by Gasteiger charge is 2.18. The van der Waals surface area contributed by atoms with Crippen molar-refractivity contribution in [3.05, 3.63) is 22.4 Å². The summed E-state index contributed by atoms with van der Waals surface area (Å²) in [5, 5.41) is 14.6. The second kappa shape index (κ2) is 6.31. The van der Waals surface area contributed by atoms with Crippen LogP contribution >= 0.6 is 11.3 Å². The Morgan fingerprint density at radius 2 is 2.28 bits per heavy atom. The zero-order valence-corrected chi connectivity index (χ0v) is 12.3.